The van der Waals surface area contributed by atoms with E-state index < -0.39 is 0 Å². The minimum Gasteiger partial charge on any atom is -0.508 e. The topological polar surface area (TPSA) is 122 Å². The van der Waals surface area contributed by atoms with Gasteiger partial charge in [-0.3, -0.25) is 0 Å². The largest absolute Gasteiger partial charge is 0.508 e. The first-order valence-electron chi connectivity index (χ1n) is 5.33. The van der Waals surface area contributed by atoms with E-state index in [-0.39, 0.29) is 11.6 Å². The van der Waals surface area contributed by atoms with Crippen molar-refractivity contribution in [2.75, 3.05) is 5.73 Å². The Balaban J connectivity index is 2.17. The lowest BCUT2D eigenvalue weighted by molar-refractivity contribution is 0.475. The Morgan fingerprint density at radius 3 is 2.84 bits per heavy atom. The molecular weight excluding hydrogens is 244 g/mol. The van der Waals surface area contributed by atoms with Gasteiger partial charge in [0.05, 0.1) is 17.2 Å². The van der Waals surface area contributed by atoms with Crippen LogP contribution in [0.15, 0.2) is 29.6 Å². The number of nitrogen functional groups attached to an aromatic ring is 1. The number of benzene rings is 1. The maximum atomic E-state index is 9.60. The number of hydrogen-bond donors (Lipinski definition) is 2. The molecule has 7 heteroatoms. The van der Waals surface area contributed by atoms with Crippen molar-refractivity contribution in [1.29, 1.82) is 5.26 Å². The van der Waals surface area contributed by atoms with Crippen LogP contribution >= 0.6 is 0 Å². The Kier molecular flexibility index (Phi) is 2.29. The molecule has 3 N–H and O–H groups in total. The smallest absolute Gasteiger partial charge is 0.189 e. The highest BCUT2D eigenvalue weighted by Crippen LogP contribution is 2.28. The Hall–Kier alpha value is -3.14. The van der Waals surface area contributed by atoms with E-state index in [1.807, 2.05) is 6.07 Å². The van der Waals surface area contributed by atoms with Gasteiger partial charge in [0.1, 0.15) is 23.6 Å². The Bertz CT molecular complexity index is 746. The molecule has 0 fully saturated rings. The molecule has 19 heavy (non-hydrogen) atoms. The van der Waals surface area contributed by atoms with E-state index >= 15 is 0 Å². The van der Waals surface area contributed by atoms with E-state index in [1.165, 1.54) is 18.5 Å². The predicted octanol–water partition coefficient (Wildman–Crippen LogP) is 0.638. The van der Waals surface area contributed by atoms with E-state index in [9.17, 15) is 5.11 Å². The third-order valence-electron chi connectivity index (χ3n) is 2.66. The zero-order chi connectivity index (χ0) is 13.4. The molecule has 2 heterocycles. The monoisotopic (exact) mass is 251 g/mol. The van der Waals surface area contributed by atoms with Crippen molar-refractivity contribution in [3.63, 3.8) is 0 Å². The number of anilines is 1. The van der Waals surface area contributed by atoms with Crippen molar-refractivity contribution in [3.8, 4) is 11.8 Å². The van der Waals surface area contributed by atoms with Crippen LogP contribution in [0.2, 0.25) is 0 Å². The fraction of sp³-hybridized carbons (Fsp3) is 0. The normalized spacial score (nSPS) is 12.3. The highest BCUT2D eigenvalue weighted by atomic mass is 16.3. The van der Waals surface area contributed by atoms with Crippen molar-refractivity contribution in [1.82, 2.24) is 15.4 Å². The summed E-state index contributed by atoms with van der Waals surface area (Å²) in [6.45, 7) is 0. The second kappa shape index (κ2) is 3.96. The summed E-state index contributed by atoms with van der Waals surface area (Å²) >= 11 is 0. The van der Waals surface area contributed by atoms with Crippen LogP contribution in [0.3, 0.4) is 0 Å². The standard InChI is InChI=1S/C12H7N6O/c13-4-6-1-7(3-8(19)2-6)10-9-11(14)15-5-16-12(9)18-17-10/h1-3,5,19H,(H2,14,15,16). The van der Waals surface area contributed by atoms with E-state index in [2.05, 4.69) is 20.5 Å². The van der Waals surface area contributed by atoms with Gasteiger partial charge in [0, 0.05) is 5.56 Å². The Morgan fingerprint density at radius 2 is 2.05 bits per heavy atom. The number of phenolic OH excluding ortho intramolecular Hbond substituents is 1. The summed E-state index contributed by atoms with van der Waals surface area (Å²) in [6, 6.07) is 6.40. The average Bonchev–Trinajstić information content (AvgIpc) is 2.83. The molecule has 1 aliphatic rings. The first-order chi connectivity index (χ1) is 9.19. The van der Waals surface area contributed by atoms with Gasteiger partial charge < -0.3 is 10.8 Å². The highest BCUT2D eigenvalue weighted by molar-refractivity contribution is 6.19. The van der Waals surface area contributed by atoms with Gasteiger partial charge >= 0.3 is 0 Å². The molecule has 0 atom stereocenters. The van der Waals surface area contributed by atoms with Crippen molar-refractivity contribution < 1.29 is 5.11 Å². The van der Waals surface area contributed by atoms with E-state index in [4.69, 9.17) is 11.0 Å². The summed E-state index contributed by atoms with van der Waals surface area (Å²) in [5.74, 6) is 0.608. The summed E-state index contributed by atoms with van der Waals surface area (Å²) in [5.41, 5.74) is 11.5. The van der Waals surface area contributed by atoms with Gasteiger partial charge in [-0.25, -0.2) is 9.97 Å². The van der Waals surface area contributed by atoms with Gasteiger partial charge in [0.25, 0.3) is 0 Å². The molecule has 1 aromatic carbocycles. The molecule has 1 aliphatic heterocycles. The van der Waals surface area contributed by atoms with E-state index in [0.29, 0.717) is 28.2 Å². The van der Waals surface area contributed by atoms with Crippen LogP contribution in [-0.4, -0.2) is 20.8 Å². The average molecular weight is 251 g/mol. The van der Waals surface area contributed by atoms with Crippen LogP contribution in [0.4, 0.5) is 11.6 Å². The summed E-state index contributed by atoms with van der Waals surface area (Å²) in [6.07, 6.45) is 1.30. The molecule has 1 aromatic heterocycles. The number of fused-ring (bicyclic) bond motifs is 1. The van der Waals surface area contributed by atoms with Crippen LogP contribution in [0.5, 0.6) is 5.75 Å². The lowest BCUT2D eigenvalue weighted by atomic mass is 10.0. The maximum absolute atomic E-state index is 9.60. The molecule has 0 unspecified atom stereocenters. The van der Waals surface area contributed by atoms with Crippen LogP contribution in [0.25, 0.3) is 0 Å². The van der Waals surface area contributed by atoms with E-state index in [0.717, 1.165) is 0 Å². The lowest BCUT2D eigenvalue weighted by Crippen LogP contribution is -2.06. The number of nitriles is 1. The molecule has 7 nitrogen and oxygen atoms in total. The molecule has 91 valence electrons. The number of nitrogens with zero attached hydrogens (tertiary/aromatic N) is 5. The minimum absolute atomic E-state index is 0.0272. The second-order valence-corrected chi connectivity index (χ2v) is 3.89. The van der Waals surface area contributed by atoms with Gasteiger partial charge in [-0.1, -0.05) is 0 Å². The van der Waals surface area contributed by atoms with Crippen LogP contribution in [0, 0.1) is 11.3 Å². The number of hydrogen-bond acceptors (Lipinski definition) is 6. The molecular formula is C12H7N6O. The van der Waals surface area contributed by atoms with Gasteiger partial charge in [0.2, 0.25) is 0 Å². The molecule has 0 aliphatic carbocycles. The SMILES string of the molecule is N#Cc1cc(O)cc(C2=N[N]c3ncnc(N)c32)c1. The third-order valence-corrected chi connectivity index (χ3v) is 2.66. The fourth-order valence-electron chi connectivity index (χ4n) is 1.85. The first kappa shape index (κ1) is 11.0. The summed E-state index contributed by atoms with van der Waals surface area (Å²) in [7, 11) is 0. The molecule has 0 spiro atoms. The zero-order valence-electron chi connectivity index (χ0n) is 9.57. The molecule has 0 saturated heterocycles. The van der Waals surface area contributed by atoms with Crippen molar-refractivity contribution in [3.05, 3.63) is 41.2 Å². The van der Waals surface area contributed by atoms with Gasteiger partial charge in [0.15, 0.2) is 5.82 Å². The fourth-order valence-corrected chi connectivity index (χ4v) is 1.85. The van der Waals surface area contributed by atoms with Crippen LogP contribution in [0.1, 0.15) is 16.7 Å². The Labute approximate surface area is 108 Å². The van der Waals surface area contributed by atoms with Crippen LogP contribution < -0.4 is 11.2 Å². The van der Waals surface area contributed by atoms with E-state index in [1.54, 1.807) is 6.07 Å². The van der Waals surface area contributed by atoms with Crippen molar-refractivity contribution in [2.24, 2.45) is 5.10 Å². The highest BCUT2D eigenvalue weighted by Gasteiger charge is 2.24. The van der Waals surface area contributed by atoms with Gasteiger partial charge in [-0.15, -0.1) is 10.5 Å². The number of aromatic hydroxyl groups is 1. The molecule has 1 radical (unpaired) electrons. The van der Waals surface area contributed by atoms with Gasteiger partial charge in [-0.05, 0) is 18.2 Å². The summed E-state index contributed by atoms with van der Waals surface area (Å²) in [5, 5.41) is 22.5. The summed E-state index contributed by atoms with van der Waals surface area (Å²) < 4.78 is 0. The van der Waals surface area contributed by atoms with Crippen molar-refractivity contribution in [2.45, 2.75) is 0 Å². The molecule has 2 aromatic rings. The molecule has 0 saturated carbocycles. The van der Waals surface area contributed by atoms with Crippen LogP contribution in [-0.2, 0) is 0 Å². The number of aromatic nitrogens is 2. The second-order valence-electron chi connectivity index (χ2n) is 3.89. The number of rotatable bonds is 1. The minimum atomic E-state index is -0.0272. The zero-order valence-corrected chi connectivity index (χ0v) is 9.57. The molecule has 0 amide bonds. The number of phenols is 1. The number of nitrogens with two attached hydrogens (primary N) is 1. The predicted molar refractivity (Wildman–Crippen MR) is 66.7 cm³/mol. The third kappa shape index (κ3) is 1.71. The first-order valence-corrected chi connectivity index (χ1v) is 5.33. The van der Waals surface area contributed by atoms with Gasteiger partial charge in [-0.2, -0.15) is 5.26 Å². The quantitative estimate of drug-likeness (QED) is 0.769. The van der Waals surface area contributed by atoms with Crippen molar-refractivity contribution >= 4 is 17.3 Å². The lowest BCUT2D eigenvalue weighted by Gasteiger charge is -2.05. The summed E-state index contributed by atoms with van der Waals surface area (Å²) in [4.78, 5) is 7.85. The molecule has 3 rings (SSSR count). The molecule has 0 bridgehead atoms. The maximum Gasteiger partial charge on any atom is 0.189 e. The Morgan fingerprint density at radius 1 is 1.21 bits per heavy atom.